The van der Waals surface area contributed by atoms with Gasteiger partial charge in [-0.25, -0.2) is 4.79 Å². The lowest BCUT2D eigenvalue weighted by atomic mass is 10.2. The summed E-state index contributed by atoms with van der Waals surface area (Å²) < 4.78 is 4.68. The van der Waals surface area contributed by atoms with Crippen molar-refractivity contribution in [2.45, 2.75) is 13.5 Å². The quantitative estimate of drug-likeness (QED) is 0.668. The molecular weight excluding hydrogens is 298 g/mol. The van der Waals surface area contributed by atoms with Crippen LogP contribution in [0.1, 0.15) is 21.6 Å². The minimum Gasteiger partial charge on any atom is -0.465 e. The van der Waals surface area contributed by atoms with Gasteiger partial charge in [-0.2, -0.15) is 0 Å². The summed E-state index contributed by atoms with van der Waals surface area (Å²) >= 11 is 5.26. The number of aryl methyl sites for hydroxylation is 1. The van der Waals surface area contributed by atoms with Gasteiger partial charge in [0.15, 0.2) is 5.11 Å². The van der Waals surface area contributed by atoms with E-state index in [4.69, 9.17) is 12.2 Å². The van der Waals surface area contributed by atoms with Crippen LogP contribution in [0.5, 0.6) is 0 Å². The van der Waals surface area contributed by atoms with E-state index in [1.807, 2.05) is 31.2 Å². The van der Waals surface area contributed by atoms with Gasteiger partial charge in [-0.15, -0.1) is 0 Å². The van der Waals surface area contributed by atoms with Crippen molar-refractivity contribution in [1.29, 1.82) is 0 Å². The lowest BCUT2D eigenvalue weighted by Crippen LogP contribution is -2.28. The summed E-state index contributed by atoms with van der Waals surface area (Å²) in [5, 5.41) is 6.69. The van der Waals surface area contributed by atoms with Crippen molar-refractivity contribution < 1.29 is 9.53 Å². The molecule has 0 aliphatic rings. The number of pyridine rings is 1. The molecule has 2 aromatic rings. The van der Waals surface area contributed by atoms with Crippen molar-refractivity contribution in [3.63, 3.8) is 0 Å². The number of hydrogen-bond acceptors (Lipinski definition) is 4. The number of methoxy groups -OCH3 is 1. The van der Waals surface area contributed by atoms with E-state index < -0.39 is 0 Å². The van der Waals surface area contributed by atoms with Gasteiger partial charge in [0, 0.05) is 11.9 Å². The lowest BCUT2D eigenvalue weighted by molar-refractivity contribution is 0.0600. The molecule has 0 spiro atoms. The van der Waals surface area contributed by atoms with Gasteiger partial charge in [0.1, 0.15) is 0 Å². The number of hydrogen-bond donors (Lipinski definition) is 2. The second-order valence-electron chi connectivity index (χ2n) is 4.65. The smallest absolute Gasteiger partial charge is 0.337 e. The van der Waals surface area contributed by atoms with Crippen molar-refractivity contribution in [2.24, 2.45) is 0 Å². The van der Waals surface area contributed by atoms with E-state index >= 15 is 0 Å². The molecule has 2 N–H and O–H groups in total. The molecule has 0 atom stereocenters. The fourth-order valence-electron chi connectivity index (χ4n) is 1.87. The molecular formula is C16H17N3O2S. The molecule has 1 aromatic carbocycles. The highest BCUT2D eigenvalue weighted by Gasteiger charge is 2.07. The second-order valence-corrected chi connectivity index (χ2v) is 5.06. The molecule has 0 unspecified atom stereocenters. The monoisotopic (exact) mass is 315 g/mol. The lowest BCUT2D eigenvalue weighted by Gasteiger charge is -2.12. The molecule has 0 saturated carbocycles. The van der Waals surface area contributed by atoms with E-state index in [1.165, 1.54) is 7.11 Å². The first-order chi connectivity index (χ1) is 10.6. The SMILES string of the molecule is COC(=O)c1ccnc(CNC(=S)Nc2ccccc2C)c1. The van der Waals surface area contributed by atoms with Gasteiger partial charge in [0.05, 0.1) is 24.9 Å². The number of rotatable bonds is 4. The fraction of sp³-hybridized carbons (Fsp3) is 0.188. The highest BCUT2D eigenvalue weighted by Crippen LogP contribution is 2.12. The Kier molecular flexibility index (Phi) is 5.43. The number of nitrogens with one attached hydrogen (secondary N) is 2. The maximum Gasteiger partial charge on any atom is 0.337 e. The first-order valence-electron chi connectivity index (χ1n) is 6.74. The third kappa shape index (κ3) is 4.26. The number of nitrogens with zero attached hydrogens (tertiary/aromatic N) is 1. The summed E-state index contributed by atoms with van der Waals surface area (Å²) in [6.45, 7) is 2.43. The zero-order valence-electron chi connectivity index (χ0n) is 12.4. The van der Waals surface area contributed by atoms with E-state index in [0.29, 0.717) is 22.9 Å². The molecule has 1 heterocycles. The van der Waals surface area contributed by atoms with E-state index in [2.05, 4.69) is 20.4 Å². The third-order valence-corrected chi connectivity index (χ3v) is 3.31. The van der Waals surface area contributed by atoms with Crippen LogP contribution in [0.4, 0.5) is 5.69 Å². The number of benzene rings is 1. The standard InChI is InChI=1S/C16H17N3O2S/c1-11-5-3-4-6-14(11)19-16(22)18-10-13-9-12(7-8-17-13)15(20)21-2/h3-9H,10H2,1-2H3,(H2,18,19,22). The molecule has 0 amide bonds. The van der Waals surface area contributed by atoms with Crippen LogP contribution >= 0.6 is 12.2 Å². The van der Waals surface area contributed by atoms with E-state index in [-0.39, 0.29) is 5.97 Å². The van der Waals surface area contributed by atoms with E-state index in [0.717, 1.165) is 11.3 Å². The largest absolute Gasteiger partial charge is 0.465 e. The van der Waals surface area contributed by atoms with Crippen molar-refractivity contribution in [2.75, 3.05) is 12.4 Å². The molecule has 0 radical (unpaired) electrons. The molecule has 1 aromatic heterocycles. The number of esters is 1. The average Bonchev–Trinajstić information content (AvgIpc) is 2.54. The van der Waals surface area contributed by atoms with Crippen molar-refractivity contribution in [3.8, 4) is 0 Å². The Balaban J connectivity index is 1.94. The molecule has 0 bridgehead atoms. The van der Waals surface area contributed by atoms with Crippen LogP contribution in [0.2, 0.25) is 0 Å². The number of aromatic nitrogens is 1. The number of anilines is 1. The fourth-order valence-corrected chi connectivity index (χ4v) is 2.05. The van der Waals surface area contributed by atoms with Crippen LogP contribution in [0, 0.1) is 6.92 Å². The Hall–Kier alpha value is -2.47. The predicted octanol–water partition coefficient (Wildman–Crippen LogP) is 2.66. The molecule has 22 heavy (non-hydrogen) atoms. The van der Waals surface area contributed by atoms with Gasteiger partial charge in [-0.05, 0) is 42.9 Å². The number of thiocarbonyl (C=S) groups is 1. The number of ether oxygens (including phenoxy) is 1. The second kappa shape index (κ2) is 7.51. The van der Waals surface area contributed by atoms with Gasteiger partial charge in [-0.3, -0.25) is 4.98 Å². The minimum absolute atomic E-state index is 0.385. The summed E-state index contributed by atoms with van der Waals surface area (Å²) in [4.78, 5) is 15.7. The molecule has 0 saturated heterocycles. The summed E-state index contributed by atoms with van der Waals surface area (Å²) in [5.41, 5.74) is 3.23. The maximum atomic E-state index is 11.5. The highest BCUT2D eigenvalue weighted by molar-refractivity contribution is 7.80. The van der Waals surface area contributed by atoms with Crippen LogP contribution in [-0.4, -0.2) is 23.2 Å². The predicted molar refractivity (Wildman–Crippen MR) is 89.8 cm³/mol. The Morgan fingerprint density at radius 1 is 1.32 bits per heavy atom. The number of carbonyl (C=O) groups excluding carboxylic acids is 1. The van der Waals surface area contributed by atoms with Crippen LogP contribution in [0.25, 0.3) is 0 Å². The molecule has 114 valence electrons. The third-order valence-electron chi connectivity index (χ3n) is 3.06. The molecule has 0 fully saturated rings. The zero-order chi connectivity index (χ0) is 15.9. The maximum absolute atomic E-state index is 11.5. The van der Waals surface area contributed by atoms with E-state index in [9.17, 15) is 4.79 Å². The van der Waals surface area contributed by atoms with Crippen molar-refractivity contribution in [1.82, 2.24) is 10.3 Å². The van der Waals surface area contributed by atoms with Crippen molar-refractivity contribution >= 4 is 29.0 Å². The molecule has 6 heteroatoms. The van der Waals surface area contributed by atoms with Crippen molar-refractivity contribution in [3.05, 3.63) is 59.4 Å². The van der Waals surface area contributed by atoms with Gasteiger partial charge in [0.2, 0.25) is 0 Å². The molecule has 0 aliphatic heterocycles. The summed E-state index contributed by atoms with van der Waals surface area (Å²) in [5.74, 6) is -0.385. The van der Waals surface area contributed by atoms with Crippen LogP contribution < -0.4 is 10.6 Å². The zero-order valence-corrected chi connectivity index (χ0v) is 13.2. The van der Waals surface area contributed by atoms with Crippen LogP contribution in [-0.2, 0) is 11.3 Å². The molecule has 2 rings (SSSR count). The first kappa shape index (κ1) is 15.9. The number of carbonyl (C=O) groups is 1. The summed E-state index contributed by atoms with van der Waals surface area (Å²) in [6.07, 6.45) is 1.57. The Labute approximate surface area is 134 Å². The first-order valence-corrected chi connectivity index (χ1v) is 7.14. The van der Waals surface area contributed by atoms with Crippen LogP contribution in [0.15, 0.2) is 42.6 Å². The normalized spacial score (nSPS) is 9.91. The van der Waals surface area contributed by atoms with Gasteiger partial charge >= 0.3 is 5.97 Å². The molecule has 0 aliphatic carbocycles. The Morgan fingerprint density at radius 2 is 2.09 bits per heavy atom. The summed E-state index contributed by atoms with van der Waals surface area (Å²) in [7, 11) is 1.35. The minimum atomic E-state index is -0.385. The highest BCUT2D eigenvalue weighted by atomic mass is 32.1. The van der Waals surface area contributed by atoms with Gasteiger partial charge in [-0.1, -0.05) is 18.2 Å². The average molecular weight is 315 g/mol. The number of para-hydroxylation sites is 1. The van der Waals surface area contributed by atoms with E-state index in [1.54, 1.807) is 18.3 Å². The topological polar surface area (TPSA) is 63.2 Å². The Morgan fingerprint density at radius 3 is 2.82 bits per heavy atom. The Bertz CT molecular complexity index is 689. The van der Waals surface area contributed by atoms with Crippen LogP contribution in [0.3, 0.4) is 0 Å². The molecule has 5 nitrogen and oxygen atoms in total. The van der Waals surface area contributed by atoms with Gasteiger partial charge < -0.3 is 15.4 Å². The van der Waals surface area contributed by atoms with Gasteiger partial charge in [0.25, 0.3) is 0 Å². The summed E-state index contributed by atoms with van der Waals surface area (Å²) in [6, 6.07) is 11.2.